The maximum Gasteiger partial charge on any atom is 0.178 e. The Bertz CT molecular complexity index is 541. The summed E-state index contributed by atoms with van der Waals surface area (Å²) in [7, 11) is -3.18. The Kier molecular flexibility index (Phi) is 4.92. The number of rotatable bonds is 5. The van der Waals surface area contributed by atoms with Gasteiger partial charge in [-0.2, -0.15) is 5.26 Å². The van der Waals surface area contributed by atoms with Crippen LogP contribution in [0.1, 0.15) is 38.7 Å². The smallest absolute Gasteiger partial charge is 0.178 e. The molecule has 0 radical (unpaired) electrons. The Morgan fingerprint density at radius 3 is 2.50 bits per heavy atom. The van der Waals surface area contributed by atoms with Crippen molar-refractivity contribution in [2.24, 2.45) is 5.92 Å². The molecule has 0 spiro atoms. The maximum absolute atomic E-state index is 11.8. The van der Waals surface area contributed by atoms with Crippen LogP contribution in [-0.2, 0) is 9.84 Å². The molecule has 3 nitrogen and oxygen atoms in total. The molecule has 1 rings (SSSR count). The fourth-order valence-corrected chi connectivity index (χ4v) is 2.88. The van der Waals surface area contributed by atoms with E-state index in [0.717, 1.165) is 5.56 Å². The topological polar surface area (TPSA) is 57.9 Å². The van der Waals surface area contributed by atoms with Crippen molar-refractivity contribution in [2.75, 3.05) is 5.75 Å². The summed E-state index contributed by atoms with van der Waals surface area (Å²) in [5.41, 5.74) is 0.932. The minimum atomic E-state index is -3.18. The molecule has 0 aliphatic heterocycles. The van der Waals surface area contributed by atoms with Crippen LogP contribution in [0.2, 0.25) is 0 Å². The van der Waals surface area contributed by atoms with E-state index in [2.05, 4.69) is 6.07 Å². The van der Waals surface area contributed by atoms with E-state index >= 15 is 0 Å². The minimum Gasteiger partial charge on any atom is -0.224 e. The molecule has 4 heteroatoms. The zero-order valence-electron chi connectivity index (χ0n) is 11.1. The van der Waals surface area contributed by atoms with Crippen LogP contribution in [0.25, 0.3) is 0 Å². The minimum absolute atomic E-state index is 0.0852. The fourth-order valence-electron chi connectivity index (χ4n) is 1.94. The molecule has 1 unspecified atom stereocenters. The van der Waals surface area contributed by atoms with Gasteiger partial charge in [0.2, 0.25) is 0 Å². The van der Waals surface area contributed by atoms with Crippen molar-refractivity contribution >= 4 is 9.84 Å². The first-order chi connectivity index (χ1) is 8.42. The third kappa shape index (κ3) is 3.33. The van der Waals surface area contributed by atoms with Gasteiger partial charge in [0.1, 0.15) is 0 Å². The summed E-state index contributed by atoms with van der Waals surface area (Å²) in [4.78, 5) is 0.353. The highest BCUT2D eigenvalue weighted by molar-refractivity contribution is 7.91. The van der Waals surface area contributed by atoms with E-state index in [1.165, 1.54) is 0 Å². The van der Waals surface area contributed by atoms with Crippen molar-refractivity contribution in [1.82, 2.24) is 0 Å². The van der Waals surface area contributed by atoms with Crippen LogP contribution < -0.4 is 0 Å². The molecule has 0 N–H and O–H groups in total. The molecule has 0 aliphatic rings. The zero-order chi connectivity index (χ0) is 13.8. The van der Waals surface area contributed by atoms with Gasteiger partial charge in [-0.15, -0.1) is 0 Å². The second kappa shape index (κ2) is 6.01. The first kappa shape index (κ1) is 14.7. The zero-order valence-corrected chi connectivity index (χ0v) is 11.9. The van der Waals surface area contributed by atoms with Crippen molar-refractivity contribution < 1.29 is 8.42 Å². The van der Waals surface area contributed by atoms with Crippen molar-refractivity contribution in [2.45, 2.75) is 38.0 Å². The molecule has 0 saturated carbocycles. The number of hydrogen-bond acceptors (Lipinski definition) is 3. The van der Waals surface area contributed by atoms with E-state index in [9.17, 15) is 8.42 Å². The second-order valence-electron chi connectivity index (χ2n) is 4.69. The number of benzene rings is 1. The van der Waals surface area contributed by atoms with Gasteiger partial charge in [-0.3, -0.25) is 0 Å². The Labute approximate surface area is 109 Å². The summed E-state index contributed by atoms with van der Waals surface area (Å²) in [6.07, 6.45) is 0.410. The first-order valence-corrected chi connectivity index (χ1v) is 7.77. The molecule has 0 heterocycles. The quantitative estimate of drug-likeness (QED) is 0.821. The molecule has 0 fully saturated rings. The van der Waals surface area contributed by atoms with Gasteiger partial charge in [-0.25, -0.2) is 8.42 Å². The van der Waals surface area contributed by atoms with E-state index in [-0.39, 0.29) is 11.7 Å². The Morgan fingerprint density at radius 2 is 2.00 bits per heavy atom. The standard InChI is InChI=1S/C14H19NO2S/c1-4-18(16,17)13-7-5-6-12(10-13)14(8-9-15)11(2)3/h5-7,10-11,14H,4,8H2,1-3H3. The third-order valence-corrected chi connectivity index (χ3v) is 4.87. The van der Waals surface area contributed by atoms with Crippen LogP contribution in [-0.4, -0.2) is 14.2 Å². The highest BCUT2D eigenvalue weighted by Gasteiger charge is 2.18. The lowest BCUT2D eigenvalue weighted by Crippen LogP contribution is -2.09. The van der Waals surface area contributed by atoms with Gasteiger partial charge in [0.05, 0.1) is 16.7 Å². The van der Waals surface area contributed by atoms with Crippen LogP contribution in [0, 0.1) is 17.2 Å². The van der Waals surface area contributed by atoms with Crippen LogP contribution in [0.5, 0.6) is 0 Å². The summed E-state index contributed by atoms with van der Waals surface area (Å²) in [6.45, 7) is 5.73. The van der Waals surface area contributed by atoms with Crippen LogP contribution in [0.4, 0.5) is 0 Å². The van der Waals surface area contributed by atoms with Crippen LogP contribution in [0.3, 0.4) is 0 Å². The Hall–Kier alpha value is -1.34. The molecular weight excluding hydrogens is 246 g/mol. The van der Waals surface area contributed by atoms with Gasteiger partial charge >= 0.3 is 0 Å². The Balaban J connectivity index is 3.20. The van der Waals surface area contributed by atoms with Crippen molar-refractivity contribution in [3.8, 4) is 6.07 Å². The van der Waals surface area contributed by atoms with Crippen molar-refractivity contribution in [3.05, 3.63) is 29.8 Å². The molecule has 0 aliphatic carbocycles. The van der Waals surface area contributed by atoms with Gasteiger partial charge in [0.25, 0.3) is 0 Å². The summed E-state index contributed by atoms with van der Waals surface area (Å²) in [5.74, 6) is 0.493. The lowest BCUT2D eigenvalue weighted by molar-refractivity contribution is 0.505. The summed E-state index contributed by atoms with van der Waals surface area (Å²) in [5, 5.41) is 8.85. The van der Waals surface area contributed by atoms with Gasteiger partial charge in [-0.05, 0) is 29.5 Å². The number of sulfone groups is 1. The fraction of sp³-hybridized carbons (Fsp3) is 0.500. The average molecular weight is 265 g/mol. The first-order valence-electron chi connectivity index (χ1n) is 6.12. The van der Waals surface area contributed by atoms with Crippen LogP contribution >= 0.6 is 0 Å². The lowest BCUT2D eigenvalue weighted by atomic mass is 9.86. The van der Waals surface area contributed by atoms with E-state index < -0.39 is 9.84 Å². The molecular formula is C14H19NO2S. The molecule has 98 valence electrons. The molecule has 0 aromatic heterocycles. The van der Waals surface area contributed by atoms with E-state index in [1.807, 2.05) is 19.9 Å². The van der Waals surface area contributed by atoms with Crippen molar-refractivity contribution in [1.29, 1.82) is 5.26 Å². The van der Waals surface area contributed by atoms with Gasteiger partial charge in [0.15, 0.2) is 9.84 Å². The molecule has 0 saturated heterocycles. The number of hydrogen-bond donors (Lipinski definition) is 0. The average Bonchev–Trinajstić information content (AvgIpc) is 2.35. The molecule has 1 aromatic rings. The lowest BCUT2D eigenvalue weighted by Gasteiger charge is -2.18. The maximum atomic E-state index is 11.8. The Morgan fingerprint density at radius 1 is 1.33 bits per heavy atom. The number of nitriles is 1. The summed E-state index contributed by atoms with van der Waals surface area (Å²) in [6, 6.07) is 9.15. The molecule has 1 aromatic carbocycles. The van der Waals surface area contributed by atoms with E-state index in [4.69, 9.17) is 5.26 Å². The predicted molar refractivity (Wildman–Crippen MR) is 72.0 cm³/mol. The van der Waals surface area contributed by atoms with Crippen molar-refractivity contribution in [3.63, 3.8) is 0 Å². The SMILES string of the molecule is CCS(=O)(=O)c1cccc(C(CC#N)C(C)C)c1. The van der Waals surface area contributed by atoms with E-state index in [1.54, 1.807) is 25.1 Å². The highest BCUT2D eigenvalue weighted by atomic mass is 32.2. The monoisotopic (exact) mass is 265 g/mol. The predicted octanol–water partition coefficient (Wildman–Crippen LogP) is 3.13. The highest BCUT2D eigenvalue weighted by Crippen LogP contribution is 2.29. The van der Waals surface area contributed by atoms with Gasteiger partial charge in [0, 0.05) is 6.42 Å². The third-order valence-electron chi connectivity index (χ3n) is 3.14. The van der Waals surface area contributed by atoms with Gasteiger partial charge < -0.3 is 0 Å². The molecule has 0 bridgehead atoms. The molecule has 0 amide bonds. The van der Waals surface area contributed by atoms with E-state index in [0.29, 0.717) is 17.2 Å². The molecule has 18 heavy (non-hydrogen) atoms. The molecule has 1 atom stereocenters. The number of nitrogens with zero attached hydrogens (tertiary/aromatic N) is 1. The second-order valence-corrected chi connectivity index (χ2v) is 6.97. The van der Waals surface area contributed by atoms with Gasteiger partial charge in [-0.1, -0.05) is 32.9 Å². The summed E-state index contributed by atoms with van der Waals surface area (Å²) < 4.78 is 23.7. The largest absolute Gasteiger partial charge is 0.224 e. The van der Waals surface area contributed by atoms with Crippen LogP contribution in [0.15, 0.2) is 29.2 Å². The summed E-state index contributed by atoms with van der Waals surface area (Å²) >= 11 is 0. The normalized spacial score (nSPS) is 13.3.